The molecular formula is C14H11N5O4S4. The van der Waals surface area contributed by atoms with Gasteiger partial charge in [-0.3, -0.25) is 14.5 Å². The zero-order valence-corrected chi connectivity index (χ0v) is 16.7. The van der Waals surface area contributed by atoms with Gasteiger partial charge in [-0.2, -0.15) is 0 Å². The van der Waals surface area contributed by atoms with Crippen LogP contribution in [-0.4, -0.2) is 60.1 Å². The lowest BCUT2D eigenvalue weighted by Crippen LogP contribution is -2.70. The molecule has 2 N–H and O–H groups in total. The van der Waals surface area contributed by atoms with Gasteiger partial charge in [0.2, 0.25) is 5.91 Å². The van der Waals surface area contributed by atoms with Crippen molar-refractivity contribution < 1.29 is 19.5 Å². The summed E-state index contributed by atoms with van der Waals surface area (Å²) in [6, 6.07) is -0.733. The molecule has 2 atom stereocenters. The number of fused-ring (bicyclic) bond motifs is 1. The van der Waals surface area contributed by atoms with Gasteiger partial charge in [-0.25, -0.2) is 9.78 Å². The predicted molar refractivity (Wildman–Crippen MR) is 101 cm³/mol. The van der Waals surface area contributed by atoms with Crippen molar-refractivity contribution in [3.05, 3.63) is 32.7 Å². The number of nitrogens with zero attached hydrogens (tertiary/aromatic N) is 4. The zero-order chi connectivity index (χ0) is 19.0. The topological polar surface area (TPSA) is 125 Å². The molecule has 2 aliphatic rings. The molecule has 140 valence electrons. The Hall–Kier alpha value is -1.96. The standard InChI is InChI=1S/C14H11N5O4S4/c20-8(1-6-2-24-4-15-6)17-9-11(21)19-10(13(22)23)7(3-25-12(9)19)27-14-18-16-5-26-14/h2,4-5,9,12H,1,3H2,(H,17,20)(H,22,23)/t9-,12+/m1/s1. The van der Waals surface area contributed by atoms with Crippen molar-refractivity contribution in [1.82, 2.24) is 25.4 Å². The minimum absolute atomic E-state index is 0.0473. The summed E-state index contributed by atoms with van der Waals surface area (Å²) in [5.74, 6) is -1.49. The number of carboxylic acids is 1. The highest BCUT2D eigenvalue weighted by molar-refractivity contribution is 8.07. The van der Waals surface area contributed by atoms with Crippen LogP contribution in [0.1, 0.15) is 5.69 Å². The van der Waals surface area contributed by atoms with E-state index in [1.807, 2.05) is 0 Å². The molecule has 0 saturated carbocycles. The number of thiazole rings is 1. The van der Waals surface area contributed by atoms with Crippen molar-refractivity contribution >= 4 is 64.0 Å². The maximum Gasteiger partial charge on any atom is 0.353 e. The largest absolute Gasteiger partial charge is 0.477 e. The van der Waals surface area contributed by atoms with E-state index < -0.39 is 23.3 Å². The summed E-state index contributed by atoms with van der Waals surface area (Å²) >= 11 is 5.31. The third-order valence-corrected chi connectivity index (χ3v) is 7.79. The summed E-state index contributed by atoms with van der Waals surface area (Å²) in [6.45, 7) is 0. The summed E-state index contributed by atoms with van der Waals surface area (Å²) in [7, 11) is 0. The maximum atomic E-state index is 12.5. The van der Waals surface area contributed by atoms with Crippen molar-refractivity contribution in [2.45, 2.75) is 22.2 Å². The molecule has 9 nitrogen and oxygen atoms in total. The molecule has 0 radical (unpaired) electrons. The molecule has 2 aromatic rings. The van der Waals surface area contributed by atoms with Gasteiger partial charge in [-0.1, -0.05) is 23.1 Å². The monoisotopic (exact) mass is 441 g/mol. The smallest absolute Gasteiger partial charge is 0.353 e. The van der Waals surface area contributed by atoms with Crippen molar-refractivity contribution in [1.29, 1.82) is 0 Å². The average molecular weight is 442 g/mol. The second-order valence-corrected chi connectivity index (χ2v) is 9.49. The Kier molecular flexibility index (Phi) is 5.16. The Labute approximate surface area is 169 Å². The fourth-order valence-corrected chi connectivity index (χ4v) is 6.37. The Morgan fingerprint density at radius 1 is 1.41 bits per heavy atom. The molecule has 0 spiro atoms. The van der Waals surface area contributed by atoms with Gasteiger partial charge < -0.3 is 10.4 Å². The molecule has 1 fully saturated rings. The lowest BCUT2D eigenvalue weighted by atomic mass is 10.0. The number of nitrogens with one attached hydrogen (secondary N) is 1. The Balaban J connectivity index is 1.48. The van der Waals surface area contributed by atoms with E-state index in [0.717, 1.165) is 0 Å². The van der Waals surface area contributed by atoms with E-state index in [1.165, 1.54) is 51.1 Å². The number of β-lactam (4-membered cyclic amide) rings is 1. The van der Waals surface area contributed by atoms with E-state index in [1.54, 1.807) is 16.4 Å². The molecule has 0 aromatic carbocycles. The molecule has 27 heavy (non-hydrogen) atoms. The van der Waals surface area contributed by atoms with Gasteiger partial charge in [0.05, 0.1) is 17.6 Å². The number of hydrogen-bond acceptors (Lipinski definition) is 10. The van der Waals surface area contributed by atoms with Gasteiger partial charge in [0.25, 0.3) is 5.91 Å². The number of carboxylic acid groups (broad SMARTS) is 1. The number of aromatic nitrogens is 3. The lowest BCUT2D eigenvalue weighted by Gasteiger charge is -2.49. The number of carbonyl (C=O) groups is 3. The van der Waals surface area contributed by atoms with Gasteiger partial charge in [-0.05, 0) is 0 Å². The SMILES string of the molecule is O=C(Cc1cscn1)N[C@@H]1C(=O)N2C(C(=O)O)=C(Sc3nncs3)CS[C@@H]12. The van der Waals surface area contributed by atoms with Crippen LogP contribution in [0.3, 0.4) is 0 Å². The minimum atomic E-state index is -1.17. The summed E-state index contributed by atoms with van der Waals surface area (Å²) < 4.78 is 0.615. The third kappa shape index (κ3) is 3.59. The van der Waals surface area contributed by atoms with E-state index in [9.17, 15) is 19.5 Å². The third-order valence-electron chi connectivity index (χ3n) is 3.83. The molecule has 0 aliphatic carbocycles. The van der Waals surface area contributed by atoms with Gasteiger partial charge in [0, 0.05) is 16.0 Å². The highest BCUT2D eigenvalue weighted by atomic mass is 32.2. The molecule has 4 rings (SSSR count). The minimum Gasteiger partial charge on any atom is -0.477 e. The van der Waals surface area contributed by atoms with Crippen LogP contribution in [0.15, 0.2) is 31.3 Å². The van der Waals surface area contributed by atoms with E-state index in [-0.39, 0.29) is 18.0 Å². The van der Waals surface area contributed by atoms with Crippen LogP contribution in [0.25, 0.3) is 0 Å². The summed E-state index contributed by atoms with van der Waals surface area (Å²) in [5.41, 5.74) is 3.79. The fourth-order valence-electron chi connectivity index (χ4n) is 2.70. The first-order chi connectivity index (χ1) is 13.0. The summed E-state index contributed by atoms with van der Waals surface area (Å²) in [5, 5.41) is 21.3. The van der Waals surface area contributed by atoms with Crippen LogP contribution in [0.5, 0.6) is 0 Å². The van der Waals surface area contributed by atoms with Gasteiger partial charge >= 0.3 is 5.97 Å². The quantitative estimate of drug-likeness (QED) is 0.632. The van der Waals surface area contributed by atoms with Gasteiger partial charge in [0.1, 0.15) is 22.6 Å². The second kappa shape index (κ2) is 7.58. The van der Waals surface area contributed by atoms with Crippen LogP contribution in [0.2, 0.25) is 0 Å². The van der Waals surface area contributed by atoms with Crippen LogP contribution in [0.4, 0.5) is 0 Å². The molecule has 0 unspecified atom stereocenters. The summed E-state index contributed by atoms with van der Waals surface area (Å²) in [6.07, 6.45) is 0.0877. The average Bonchev–Trinajstić information content (AvgIpc) is 3.33. The molecule has 13 heteroatoms. The number of rotatable bonds is 6. The van der Waals surface area contributed by atoms with E-state index in [2.05, 4.69) is 20.5 Å². The predicted octanol–water partition coefficient (Wildman–Crippen LogP) is 1.03. The normalized spacial score (nSPS) is 21.6. The van der Waals surface area contributed by atoms with Gasteiger partial charge in [-0.15, -0.1) is 33.3 Å². The lowest BCUT2D eigenvalue weighted by molar-refractivity contribution is -0.150. The molecular weight excluding hydrogens is 430 g/mol. The van der Waals surface area contributed by atoms with Crippen molar-refractivity contribution in [2.24, 2.45) is 0 Å². The highest BCUT2D eigenvalue weighted by Gasteiger charge is 2.54. The molecule has 4 heterocycles. The zero-order valence-electron chi connectivity index (χ0n) is 13.4. The van der Waals surface area contributed by atoms with Crippen LogP contribution < -0.4 is 5.32 Å². The van der Waals surface area contributed by atoms with Gasteiger partial charge in [0.15, 0.2) is 4.34 Å². The second-order valence-electron chi connectivity index (χ2n) is 5.50. The van der Waals surface area contributed by atoms with Crippen molar-refractivity contribution in [3.63, 3.8) is 0 Å². The van der Waals surface area contributed by atoms with Crippen LogP contribution in [0, 0.1) is 0 Å². The highest BCUT2D eigenvalue weighted by Crippen LogP contribution is 2.45. The molecule has 0 bridgehead atoms. The molecule has 2 aliphatic heterocycles. The van der Waals surface area contributed by atoms with E-state index in [4.69, 9.17) is 0 Å². The number of aliphatic carboxylic acids is 1. The van der Waals surface area contributed by atoms with Crippen LogP contribution >= 0.6 is 46.2 Å². The van der Waals surface area contributed by atoms with E-state index >= 15 is 0 Å². The fraction of sp³-hybridized carbons (Fsp3) is 0.286. The summed E-state index contributed by atoms with van der Waals surface area (Å²) in [4.78, 5) is 42.3. The number of carbonyl (C=O) groups excluding carboxylic acids is 2. The van der Waals surface area contributed by atoms with Crippen molar-refractivity contribution in [2.75, 3.05) is 5.75 Å². The molecule has 1 saturated heterocycles. The number of hydrogen-bond donors (Lipinski definition) is 2. The first kappa shape index (κ1) is 18.4. The number of amides is 2. The van der Waals surface area contributed by atoms with E-state index in [0.29, 0.717) is 20.7 Å². The molecule has 2 amide bonds. The first-order valence-electron chi connectivity index (χ1n) is 7.56. The Bertz CT molecular complexity index is 914. The number of thioether (sulfide) groups is 2. The molecule has 2 aromatic heterocycles. The van der Waals surface area contributed by atoms with Crippen LogP contribution in [-0.2, 0) is 20.8 Å². The van der Waals surface area contributed by atoms with Crippen molar-refractivity contribution in [3.8, 4) is 0 Å². The first-order valence-corrected chi connectivity index (χ1v) is 11.2. The Morgan fingerprint density at radius 3 is 2.93 bits per heavy atom. The maximum absolute atomic E-state index is 12.5. The Morgan fingerprint density at radius 2 is 2.26 bits per heavy atom.